The molecule has 0 aliphatic heterocycles. The van der Waals surface area contributed by atoms with Gasteiger partial charge in [-0.1, -0.05) is 86.5 Å². The highest BCUT2D eigenvalue weighted by Crippen LogP contribution is 2.43. The largest absolute Gasteiger partial charge is 0.494 e. The summed E-state index contributed by atoms with van der Waals surface area (Å²) >= 11 is 12.5. The Bertz CT molecular complexity index is 1030. The smallest absolute Gasteiger partial charge is 0.341 e. The summed E-state index contributed by atoms with van der Waals surface area (Å²) in [6.07, 6.45) is 7.06. The van der Waals surface area contributed by atoms with Crippen molar-refractivity contribution in [3.05, 3.63) is 70.7 Å². The lowest BCUT2D eigenvalue weighted by Gasteiger charge is -2.18. The Morgan fingerprint density at radius 1 is 0.794 bits per heavy atom. The summed E-state index contributed by atoms with van der Waals surface area (Å²) in [6.45, 7) is 2.34. The van der Waals surface area contributed by atoms with E-state index in [0.29, 0.717) is 39.3 Å². The number of hydrogen-bond donors (Lipinski definition) is 1. The van der Waals surface area contributed by atoms with Gasteiger partial charge in [0.2, 0.25) is 0 Å². The van der Waals surface area contributed by atoms with Gasteiger partial charge in [-0.3, -0.25) is 0 Å². The fourth-order valence-corrected chi connectivity index (χ4v) is 4.17. The van der Waals surface area contributed by atoms with E-state index in [1.165, 1.54) is 25.7 Å². The Morgan fingerprint density at radius 2 is 1.35 bits per heavy atom. The zero-order chi connectivity index (χ0) is 24.3. The molecule has 0 amide bonds. The molecule has 3 rings (SSSR count). The van der Waals surface area contributed by atoms with Crippen molar-refractivity contribution in [1.82, 2.24) is 0 Å². The van der Waals surface area contributed by atoms with Crippen molar-refractivity contribution in [3.8, 4) is 33.8 Å². The monoisotopic (exact) mass is 500 g/mol. The molecule has 0 aliphatic rings. The molecule has 34 heavy (non-hydrogen) atoms. The van der Waals surface area contributed by atoms with Crippen LogP contribution in [0.1, 0.15) is 45.4 Å². The summed E-state index contributed by atoms with van der Waals surface area (Å²) < 4.78 is 12.0. The van der Waals surface area contributed by atoms with Crippen LogP contribution in [-0.4, -0.2) is 24.3 Å². The fourth-order valence-electron chi connectivity index (χ4n) is 3.79. The maximum absolute atomic E-state index is 11.3. The van der Waals surface area contributed by atoms with Crippen molar-refractivity contribution in [2.45, 2.75) is 45.4 Å². The fraction of sp³-hybridized carbons (Fsp3) is 0.321. The molecule has 0 aliphatic carbocycles. The first-order valence-corrected chi connectivity index (χ1v) is 12.4. The molecule has 4 nitrogen and oxygen atoms in total. The summed E-state index contributed by atoms with van der Waals surface area (Å²) in [6, 6.07) is 18.5. The molecule has 0 spiro atoms. The highest BCUT2D eigenvalue weighted by molar-refractivity contribution is 6.31. The second-order valence-corrected chi connectivity index (χ2v) is 9.04. The highest BCUT2D eigenvalue weighted by Gasteiger charge is 2.18. The summed E-state index contributed by atoms with van der Waals surface area (Å²) in [5.41, 5.74) is 3.03. The van der Waals surface area contributed by atoms with Crippen molar-refractivity contribution in [2.24, 2.45) is 0 Å². The topological polar surface area (TPSA) is 55.8 Å². The standard InChI is InChI=1S/C28H30Cl2O4/c1-2-3-4-5-6-7-14-33-24-17-25(20-10-8-12-22(29)15-20)28(34-19-27(31)32)26(18-24)21-11-9-13-23(30)16-21/h8-13,15-18H,2-7,14,19H2,1H3,(H,31,32). The number of hydrogen-bond acceptors (Lipinski definition) is 3. The van der Waals surface area contributed by atoms with Crippen LogP contribution in [0, 0.1) is 0 Å². The van der Waals surface area contributed by atoms with Crippen LogP contribution in [0.2, 0.25) is 10.0 Å². The van der Waals surface area contributed by atoms with E-state index in [2.05, 4.69) is 6.92 Å². The van der Waals surface area contributed by atoms with Crippen LogP contribution in [0.25, 0.3) is 22.3 Å². The van der Waals surface area contributed by atoms with Gasteiger partial charge in [-0.05, 0) is 53.9 Å². The van der Waals surface area contributed by atoms with Crippen molar-refractivity contribution in [2.75, 3.05) is 13.2 Å². The Hall–Kier alpha value is -2.69. The van der Waals surface area contributed by atoms with Crippen LogP contribution >= 0.6 is 23.2 Å². The molecule has 6 heteroatoms. The molecule has 0 aromatic heterocycles. The van der Waals surface area contributed by atoms with Crippen LogP contribution < -0.4 is 9.47 Å². The number of carboxylic acids is 1. The van der Waals surface area contributed by atoms with E-state index in [-0.39, 0.29) is 0 Å². The Morgan fingerprint density at radius 3 is 1.88 bits per heavy atom. The lowest BCUT2D eigenvalue weighted by Crippen LogP contribution is -2.11. The van der Waals surface area contributed by atoms with E-state index >= 15 is 0 Å². The Balaban J connectivity index is 1.99. The molecule has 0 heterocycles. The molecule has 0 bridgehead atoms. The van der Waals surface area contributed by atoms with E-state index < -0.39 is 12.6 Å². The molecule has 0 fully saturated rings. The van der Waals surface area contributed by atoms with Gasteiger partial charge in [-0.2, -0.15) is 0 Å². The van der Waals surface area contributed by atoms with Crippen LogP contribution in [0.15, 0.2) is 60.7 Å². The maximum Gasteiger partial charge on any atom is 0.341 e. The molecule has 180 valence electrons. The van der Waals surface area contributed by atoms with E-state index in [1.807, 2.05) is 48.5 Å². The minimum Gasteiger partial charge on any atom is -0.494 e. The number of halogens is 2. The number of unbranched alkanes of at least 4 members (excludes halogenated alkanes) is 5. The van der Waals surface area contributed by atoms with Gasteiger partial charge in [-0.15, -0.1) is 0 Å². The lowest BCUT2D eigenvalue weighted by atomic mass is 9.96. The first kappa shape index (κ1) is 25.9. The predicted molar refractivity (Wildman–Crippen MR) is 139 cm³/mol. The minimum atomic E-state index is -1.06. The molecule has 3 aromatic rings. The minimum absolute atomic E-state index is 0.443. The van der Waals surface area contributed by atoms with Gasteiger partial charge in [-0.25, -0.2) is 4.79 Å². The van der Waals surface area contributed by atoms with Crippen molar-refractivity contribution < 1.29 is 19.4 Å². The third kappa shape index (κ3) is 7.68. The lowest BCUT2D eigenvalue weighted by molar-refractivity contribution is -0.139. The zero-order valence-corrected chi connectivity index (χ0v) is 20.9. The van der Waals surface area contributed by atoms with Crippen molar-refractivity contribution in [1.29, 1.82) is 0 Å². The molecular formula is C28H30Cl2O4. The van der Waals surface area contributed by atoms with Gasteiger partial charge in [0.05, 0.1) is 6.61 Å². The second kappa shape index (κ2) is 13.3. The molecule has 3 aromatic carbocycles. The maximum atomic E-state index is 11.3. The van der Waals surface area contributed by atoms with Crippen molar-refractivity contribution in [3.63, 3.8) is 0 Å². The van der Waals surface area contributed by atoms with Gasteiger partial charge in [0.25, 0.3) is 0 Å². The van der Waals surface area contributed by atoms with Crippen LogP contribution in [-0.2, 0) is 4.79 Å². The van der Waals surface area contributed by atoms with E-state index in [9.17, 15) is 9.90 Å². The molecule has 0 saturated carbocycles. The number of carbonyl (C=O) groups is 1. The molecular weight excluding hydrogens is 471 g/mol. The second-order valence-electron chi connectivity index (χ2n) is 8.17. The summed E-state index contributed by atoms with van der Waals surface area (Å²) in [5, 5.41) is 10.4. The van der Waals surface area contributed by atoms with E-state index in [1.54, 1.807) is 12.1 Å². The molecule has 0 unspecified atom stereocenters. The van der Waals surface area contributed by atoms with Crippen LogP contribution in [0.3, 0.4) is 0 Å². The molecule has 0 radical (unpaired) electrons. The average molecular weight is 501 g/mol. The summed E-state index contributed by atoms with van der Waals surface area (Å²) in [5.74, 6) is 0.0671. The number of benzene rings is 3. The number of rotatable bonds is 13. The number of carboxylic acid groups (broad SMARTS) is 1. The SMILES string of the molecule is CCCCCCCCOc1cc(-c2cccc(Cl)c2)c(OCC(=O)O)c(-c2cccc(Cl)c2)c1. The Labute approximate surface area is 211 Å². The first-order valence-electron chi connectivity index (χ1n) is 11.6. The first-order chi connectivity index (χ1) is 16.5. The van der Waals surface area contributed by atoms with E-state index in [0.717, 1.165) is 24.0 Å². The zero-order valence-electron chi connectivity index (χ0n) is 19.4. The third-order valence-electron chi connectivity index (χ3n) is 5.44. The molecule has 0 atom stereocenters. The average Bonchev–Trinajstić information content (AvgIpc) is 2.82. The van der Waals surface area contributed by atoms with Gasteiger partial charge in [0, 0.05) is 21.2 Å². The molecule has 1 N–H and O–H groups in total. The van der Waals surface area contributed by atoms with Gasteiger partial charge < -0.3 is 14.6 Å². The van der Waals surface area contributed by atoms with E-state index in [4.69, 9.17) is 32.7 Å². The summed E-state index contributed by atoms with van der Waals surface area (Å²) in [4.78, 5) is 11.3. The number of aliphatic carboxylic acids is 1. The number of ether oxygens (including phenoxy) is 2. The summed E-state index contributed by atoms with van der Waals surface area (Å²) in [7, 11) is 0. The van der Waals surface area contributed by atoms with Crippen molar-refractivity contribution >= 4 is 29.2 Å². The normalized spacial score (nSPS) is 10.8. The predicted octanol–water partition coefficient (Wildman–Crippen LogP) is 8.53. The van der Waals surface area contributed by atoms with Crippen LogP contribution in [0.5, 0.6) is 11.5 Å². The third-order valence-corrected chi connectivity index (χ3v) is 5.91. The van der Waals surface area contributed by atoms with Gasteiger partial charge in [0.15, 0.2) is 6.61 Å². The van der Waals surface area contributed by atoms with Gasteiger partial charge >= 0.3 is 5.97 Å². The quantitative estimate of drug-likeness (QED) is 0.239. The molecule has 0 saturated heterocycles. The van der Waals surface area contributed by atoms with Crippen LogP contribution in [0.4, 0.5) is 0 Å². The van der Waals surface area contributed by atoms with Gasteiger partial charge in [0.1, 0.15) is 11.5 Å². The highest BCUT2D eigenvalue weighted by atomic mass is 35.5. The Kier molecular flexibility index (Phi) is 10.1.